The molecule has 0 spiro atoms. The Morgan fingerprint density at radius 3 is 2.06 bits per heavy atom. The highest BCUT2D eigenvalue weighted by Gasteiger charge is 2.20. The van der Waals surface area contributed by atoms with Crippen molar-refractivity contribution in [3.8, 4) is 0 Å². The fourth-order valence-corrected chi connectivity index (χ4v) is 1.47. The summed E-state index contributed by atoms with van der Waals surface area (Å²) in [7, 11) is 0. The van der Waals surface area contributed by atoms with E-state index in [9.17, 15) is 4.79 Å². The van der Waals surface area contributed by atoms with E-state index in [1.807, 2.05) is 32.9 Å². The van der Waals surface area contributed by atoms with Crippen molar-refractivity contribution < 1.29 is 4.79 Å². The second-order valence-electron chi connectivity index (χ2n) is 5.19. The second-order valence-corrected chi connectivity index (χ2v) is 5.19. The van der Waals surface area contributed by atoms with Gasteiger partial charge >= 0.3 is 0 Å². The predicted molar refractivity (Wildman–Crippen MR) is 67.1 cm³/mol. The van der Waals surface area contributed by atoms with Crippen molar-refractivity contribution >= 4 is 5.78 Å². The largest absolute Gasteiger partial charge is 0.326 e. The lowest BCUT2D eigenvalue weighted by atomic mass is 9.87. The van der Waals surface area contributed by atoms with Crippen LogP contribution in [0.15, 0.2) is 24.3 Å². The molecule has 16 heavy (non-hydrogen) atoms. The van der Waals surface area contributed by atoms with Gasteiger partial charge in [0.15, 0.2) is 0 Å². The lowest BCUT2D eigenvalue weighted by Gasteiger charge is -2.16. The zero-order valence-corrected chi connectivity index (χ0v) is 10.4. The maximum atomic E-state index is 11.7. The summed E-state index contributed by atoms with van der Waals surface area (Å²) in [4.78, 5) is 11.7. The molecule has 2 N–H and O–H groups in total. The maximum absolute atomic E-state index is 11.7. The maximum Gasteiger partial charge on any atom is 0.138 e. The average molecular weight is 219 g/mol. The average Bonchev–Trinajstić information content (AvgIpc) is 2.25. The summed E-state index contributed by atoms with van der Waals surface area (Å²) < 4.78 is 0. The Hall–Kier alpha value is -1.15. The van der Waals surface area contributed by atoms with Gasteiger partial charge in [0.2, 0.25) is 0 Å². The first-order valence-electron chi connectivity index (χ1n) is 5.74. The number of hydrogen-bond acceptors (Lipinski definition) is 2. The van der Waals surface area contributed by atoms with Gasteiger partial charge in [-0.1, -0.05) is 45.0 Å². The van der Waals surface area contributed by atoms with E-state index in [0.717, 1.165) is 12.0 Å². The first-order chi connectivity index (χ1) is 7.43. The summed E-state index contributed by atoms with van der Waals surface area (Å²) in [6.07, 6.45) is 1.44. The highest BCUT2D eigenvalue weighted by atomic mass is 16.1. The third-order valence-electron chi connectivity index (χ3n) is 2.74. The van der Waals surface area contributed by atoms with Gasteiger partial charge in [-0.05, 0) is 17.5 Å². The van der Waals surface area contributed by atoms with Crippen LogP contribution in [0.25, 0.3) is 0 Å². The van der Waals surface area contributed by atoms with Crippen molar-refractivity contribution in [2.24, 2.45) is 11.1 Å². The van der Waals surface area contributed by atoms with Crippen LogP contribution in [0.5, 0.6) is 0 Å². The minimum absolute atomic E-state index is 0.225. The number of Topliss-reactive ketones (excluding diaryl/α,β-unsaturated/α-hetero) is 1. The molecule has 1 aromatic carbocycles. The van der Waals surface area contributed by atoms with Crippen molar-refractivity contribution in [3.63, 3.8) is 0 Å². The number of rotatable bonds is 4. The molecule has 0 aromatic heterocycles. The van der Waals surface area contributed by atoms with Crippen molar-refractivity contribution in [2.75, 3.05) is 0 Å². The Morgan fingerprint density at radius 2 is 1.62 bits per heavy atom. The number of benzene rings is 1. The molecular weight excluding hydrogens is 198 g/mol. The SMILES string of the molecule is CC(C)(C)C(=O)CCc1ccc(CN)cc1. The van der Waals surface area contributed by atoms with Crippen LogP contribution in [-0.4, -0.2) is 5.78 Å². The number of ketones is 1. The predicted octanol–water partition coefficient (Wildman–Crippen LogP) is 2.69. The van der Waals surface area contributed by atoms with Crippen LogP contribution < -0.4 is 5.73 Å². The zero-order valence-electron chi connectivity index (χ0n) is 10.4. The monoisotopic (exact) mass is 219 g/mol. The van der Waals surface area contributed by atoms with E-state index in [0.29, 0.717) is 18.7 Å². The van der Waals surface area contributed by atoms with Gasteiger partial charge in [0.1, 0.15) is 5.78 Å². The quantitative estimate of drug-likeness (QED) is 0.846. The molecular formula is C14H21NO. The third-order valence-corrected chi connectivity index (χ3v) is 2.74. The van der Waals surface area contributed by atoms with E-state index in [4.69, 9.17) is 5.73 Å². The summed E-state index contributed by atoms with van der Waals surface area (Å²) >= 11 is 0. The summed E-state index contributed by atoms with van der Waals surface area (Å²) in [6.45, 7) is 6.47. The number of carbonyl (C=O) groups is 1. The van der Waals surface area contributed by atoms with Gasteiger partial charge < -0.3 is 5.73 Å². The molecule has 1 aromatic rings. The van der Waals surface area contributed by atoms with Crippen molar-refractivity contribution in [2.45, 2.75) is 40.2 Å². The molecule has 0 fully saturated rings. The van der Waals surface area contributed by atoms with E-state index in [1.54, 1.807) is 0 Å². The summed E-state index contributed by atoms with van der Waals surface area (Å²) in [5.41, 5.74) is 7.63. The molecule has 1 rings (SSSR count). The fourth-order valence-electron chi connectivity index (χ4n) is 1.47. The zero-order chi connectivity index (χ0) is 12.2. The van der Waals surface area contributed by atoms with Crippen LogP contribution >= 0.6 is 0 Å². The van der Waals surface area contributed by atoms with Gasteiger partial charge in [0.05, 0.1) is 0 Å². The molecule has 0 saturated heterocycles. The first-order valence-corrected chi connectivity index (χ1v) is 5.74. The van der Waals surface area contributed by atoms with Gasteiger partial charge in [-0.2, -0.15) is 0 Å². The smallest absolute Gasteiger partial charge is 0.138 e. The number of carbonyl (C=O) groups excluding carboxylic acids is 1. The first kappa shape index (κ1) is 12.9. The summed E-state index contributed by atoms with van der Waals surface area (Å²) in [5, 5.41) is 0. The van der Waals surface area contributed by atoms with E-state index < -0.39 is 0 Å². The lowest BCUT2D eigenvalue weighted by Crippen LogP contribution is -2.20. The van der Waals surface area contributed by atoms with E-state index in [1.165, 1.54) is 5.56 Å². The Labute approximate surface area is 97.9 Å². The van der Waals surface area contributed by atoms with Gasteiger partial charge in [-0.15, -0.1) is 0 Å². The molecule has 0 saturated carbocycles. The van der Waals surface area contributed by atoms with Gasteiger partial charge in [-0.25, -0.2) is 0 Å². The minimum atomic E-state index is -0.225. The molecule has 0 atom stereocenters. The molecule has 88 valence electrons. The Kier molecular flexibility index (Phi) is 4.25. The highest BCUT2D eigenvalue weighted by molar-refractivity contribution is 5.83. The van der Waals surface area contributed by atoms with Crippen molar-refractivity contribution in [3.05, 3.63) is 35.4 Å². The Morgan fingerprint density at radius 1 is 1.12 bits per heavy atom. The molecule has 0 aliphatic rings. The molecule has 2 nitrogen and oxygen atoms in total. The Bertz CT molecular complexity index is 346. The van der Waals surface area contributed by atoms with Crippen LogP contribution in [-0.2, 0) is 17.8 Å². The molecule has 0 aliphatic heterocycles. The van der Waals surface area contributed by atoms with Crippen LogP contribution in [0.1, 0.15) is 38.3 Å². The number of aryl methyl sites for hydroxylation is 1. The second kappa shape index (κ2) is 5.26. The topological polar surface area (TPSA) is 43.1 Å². The summed E-state index contributed by atoms with van der Waals surface area (Å²) in [5.74, 6) is 0.315. The van der Waals surface area contributed by atoms with Crippen LogP contribution in [0, 0.1) is 5.41 Å². The third kappa shape index (κ3) is 3.78. The molecule has 2 heteroatoms. The number of hydrogen-bond donors (Lipinski definition) is 1. The van der Waals surface area contributed by atoms with Crippen LogP contribution in [0.4, 0.5) is 0 Å². The molecule has 0 unspecified atom stereocenters. The lowest BCUT2D eigenvalue weighted by molar-refractivity contribution is -0.126. The molecule has 0 aliphatic carbocycles. The van der Waals surface area contributed by atoms with E-state index in [2.05, 4.69) is 12.1 Å². The normalized spacial score (nSPS) is 11.5. The van der Waals surface area contributed by atoms with Crippen molar-refractivity contribution in [1.82, 2.24) is 0 Å². The van der Waals surface area contributed by atoms with Gasteiger partial charge in [0.25, 0.3) is 0 Å². The fraction of sp³-hybridized carbons (Fsp3) is 0.500. The van der Waals surface area contributed by atoms with Gasteiger partial charge in [-0.3, -0.25) is 4.79 Å². The summed E-state index contributed by atoms with van der Waals surface area (Å²) in [6, 6.07) is 8.16. The standard InChI is InChI=1S/C14H21NO/c1-14(2,3)13(16)9-8-11-4-6-12(10-15)7-5-11/h4-7H,8-10,15H2,1-3H3. The molecule has 0 radical (unpaired) electrons. The highest BCUT2D eigenvalue weighted by Crippen LogP contribution is 2.18. The van der Waals surface area contributed by atoms with Crippen LogP contribution in [0.3, 0.4) is 0 Å². The van der Waals surface area contributed by atoms with Crippen LogP contribution in [0.2, 0.25) is 0 Å². The Balaban J connectivity index is 2.52. The van der Waals surface area contributed by atoms with E-state index in [-0.39, 0.29) is 5.41 Å². The number of nitrogens with two attached hydrogens (primary N) is 1. The van der Waals surface area contributed by atoms with Crippen molar-refractivity contribution in [1.29, 1.82) is 0 Å². The molecule has 0 bridgehead atoms. The minimum Gasteiger partial charge on any atom is -0.326 e. The molecule has 0 heterocycles. The van der Waals surface area contributed by atoms with Gasteiger partial charge in [0, 0.05) is 18.4 Å². The molecule has 0 amide bonds. The van der Waals surface area contributed by atoms with E-state index >= 15 is 0 Å².